The first-order valence-corrected chi connectivity index (χ1v) is 16.1. The highest BCUT2D eigenvalue weighted by molar-refractivity contribution is 7.89. The number of likely N-dealkylation sites (tertiary alicyclic amines) is 1. The van der Waals surface area contributed by atoms with Gasteiger partial charge in [0.25, 0.3) is 0 Å². The van der Waals surface area contributed by atoms with Crippen LogP contribution >= 0.6 is 0 Å². The van der Waals surface area contributed by atoms with E-state index in [4.69, 9.17) is 9.47 Å². The zero-order valence-corrected chi connectivity index (χ0v) is 26.6. The second-order valence-corrected chi connectivity index (χ2v) is 12.7. The largest absolute Gasteiger partial charge is 0.480 e. The molecular formula is C31H38N6O8S. The number of aryl methyl sites for hydroxylation is 3. The van der Waals surface area contributed by atoms with Crippen molar-refractivity contribution in [2.45, 2.75) is 56.9 Å². The summed E-state index contributed by atoms with van der Waals surface area (Å²) in [5.74, 6) is -1.71. The molecule has 15 heteroatoms. The van der Waals surface area contributed by atoms with E-state index in [-0.39, 0.29) is 24.1 Å². The Balaban J connectivity index is 1.32. The van der Waals surface area contributed by atoms with Gasteiger partial charge in [-0.1, -0.05) is 48.0 Å². The van der Waals surface area contributed by atoms with Crippen LogP contribution in [0.1, 0.15) is 28.7 Å². The molecule has 46 heavy (non-hydrogen) atoms. The first kappa shape index (κ1) is 34.3. The van der Waals surface area contributed by atoms with Crippen molar-refractivity contribution >= 4 is 33.9 Å². The van der Waals surface area contributed by atoms with Crippen molar-refractivity contribution in [1.82, 2.24) is 24.9 Å². The van der Waals surface area contributed by atoms with Crippen LogP contribution in [0.4, 0.5) is 10.7 Å². The van der Waals surface area contributed by atoms with Crippen LogP contribution in [0.3, 0.4) is 0 Å². The van der Waals surface area contributed by atoms with Gasteiger partial charge < -0.3 is 30.1 Å². The van der Waals surface area contributed by atoms with Crippen molar-refractivity contribution in [2.75, 3.05) is 31.6 Å². The summed E-state index contributed by atoms with van der Waals surface area (Å²) in [6.07, 6.45) is 2.48. The summed E-state index contributed by atoms with van der Waals surface area (Å²) in [7, 11) is -4.20. The van der Waals surface area contributed by atoms with Crippen molar-refractivity contribution in [3.05, 3.63) is 83.2 Å². The highest BCUT2D eigenvalue weighted by Crippen LogP contribution is 2.23. The van der Waals surface area contributed by atoms with Crippen LogP contribution < -0.4 is 15.4 Å². The number of nitrogens with one attached hydrogen (secondary N) is 3. The molecule has 2 aromatic carbocycles. The van der Waals surface area contributed by atoms with Crippen LogP contribution in [-0.4, -0.2) is 90.8 Å². The van der Waals surface area contributed by atoms with Gasteiger partial charge in [0, 0.05) is 25.5 Å². The molecule has 1 fully saturated rings. The molecule has 0 saturated carbocycles. The van der Waals surface area contributed by atoms with Gasteiger partial charge in [-0.15, -0.1) is 0 Å². The lowest BCUT2D eigenvalue weighted by Crippen LogP contribution is -2.49. The van der Waals surface area contributed by atoms with Crippen LogP contribution in [0, 0.1) is 20.8 Å². The van der Waals surface area contributed by atoms with Crippen LogP contribution in [0.15, 0.2) is 65.8 Å². The SMILES string of the molecule is Cc1cc(C)c(S(=O)(=O)NC(CNC(=O)COC2CC(CNc3ncccn3)N(C(=O)OCc3ccccc3)C2)C(=O)O)c(C)c1. The summed E-state index contributed by atoms with van der Waals surface area (Å²) in [5.41, 5.74) is 2.66. The smallest absolute Gasteiger partial charge is 0.410 e. The molecule has 1 saturated heterocycles. The van der Waals surface area contributed by atoms with Crippen LogP contribution in [0.25, 0.3) is 0 Å². The lowest BCUT2D eigenvalue weighted by atomic mass is 10.1. The molecule has 1 aliphatic rings. The number of aliphatic carboxylic acids is 1. The Kier molecular flexibility index (Phi) is 11.6. The lowest BCUT2D eigenvalue weighted by Gasteiger charge is -2.24. The van der Waals surface area contributed by atoms with E-state index in [0.717, 1.165) is 11.1 Å². The fourth-order valence-corrected chi connectivity index (χ4v) is 6.93. The maximum Gasteiger partial charge on any atom is 0.410 e. The minimum atomic E-state index is -4.20. The average molecular weight is 655 g/mol. The molecule has 0 bridgehead atoms. The summed E-state index contributed by atoms with van der Waals surface area (Å²) < 4.78 is 39.6. The van der Waals surface area contributed by atoms with Gasteiger partial charge in [0.1, 0.15) is 19.3 Å². The highest BCUT2D eigenvalue weighted by atomic mass is 32.2. The lowest BCUT2D eigenvalue weighted by molar-refractivity contribution is -0.139. The quantitative estimate of drug-likeness (QED) is 0.199. The van der Waals surface area contributed by atoms with Crippen molar-refractivity contribution < 1.29 is 37.4 Å². The topological polar surface area (TPSA) is 189 Å². The first-order valence-electron chi connectivity index (χ1n) is 14.6. The van der Waals surface area contributed by atoms with Gasteiger partial charge in [-0.3, -0.25) is 9.59 Å². The molecule has 246 valence electrons. The number of sulfonamides is 1. The van der Waals surface area contributed by atoms with Crippen molar-refractivity contribution in [2.24, 2.45) is 0 Å². The maximum atomic E-state index is 13.1. The number of nitrogens with zero attached hydrogens (tertiary/aromatic N) is 3. The number of amides is 2. The predicted molar refractivity (Wildman–Crippen MR) is 167 cm³/mol. The van der Waals surface area contributed by atoms with Gasteiger partial charge in [0.15, 0.2) is 0 Å². The van der Waals surface area contributed by atoms with E-state index >= 15 is 0 Å². The molecule has 1 aromatic heterocycles. The van der Waals surface area contributed by atoms with E-state index in [1.165, 1.54) is 4.90 Å². The third-order valence-electron chi connectivity index (χ3n) is 7.30. The normalized spacial score (nSPS) is 16.9. The summed E-state index contributed by atoms with van der Waals surface area (Å²) in [6, 6.07) is 12.3. The third kappa shape index (κ3) is 9.45. The number of benzene rings is 2. The van der Waals surface area contributed by atoms with Gasteiger partial charge >= 0.3 is 12.1 Å². The van der Waals surface area contributed by atoms with Crippen LogP contribution in [-0.2, 0) is 35.7 Å². The highest BCUT2D eigenvalue weighted by Gasteiger charge is 2.37. The number of aromatic nitrogens is 2. The molecule has 1 aliphatic heterocycles. The van der Waals surface area contributed by atoms with E-state index in [2.05, 4.69) is 25.3 Å². The fourth-order valence-electron chi connectivity index (χ4n) is 5.29. The monoisotopic (exact) mass is 654 g/mol. The Hall–Kier alpha value is -4.60. The van der Waals surface area contributed by atoms with Crippen molar-refractivity contribution in [1.29, 1.82) is 0 Å². The summed E-state index contributed by atoms with van der Waals surface area (Å²) in [5, 5.41) is 15.2. The Morgan fingerprint density at radius 2 is 1.72 bits per heavy atom. The van der Waals surface area contributed by atoms with E-state index < -0.39 is 53.3 Å². The van der Waals surface area contributed by atoms with E-state index in [9.17, 15) is 27.9 Å². The zero-order valence-electron chi connectivity index (χ0n) is 25.8. The predicted octanol–water partition coefficient (Wildman–Crippen LogP) is 2.16. The minimum absolute atomic E-state index is 0.00466. The molecule has 14 nitrogen and oxygen atoms in total. The third-order valence-corrected chi connectivity index (χ3v) is 9.08. The zero-order chi connectivity index (χ0) is 33.3. The molecule has 3 unspecified atom stereocenters. The summed E-state index contributed by atoms with van der Waals surface area (Å²) in [4.78, 5) is 47.3. The Morgan fingerprint density at radius 1 is 1.04 bits per heavy atom. The van der Waals surface area contributed by atoms with Gasteiger partial charge in [0.05, 0.1) is 23.6 Å². The molecule has 0 spiro atoms. The van der Waals surface area contributed by atoms with Crippen molar-refractivity contribution in [3.63, 3.8) is 0 Å². The van der Waals surface area contributed by atoms with E-state index in [1.807, 2.05) is 37.3 Å². The molecule has 0 radical (unpaired) electrons. The first-order chi connectivity index (χ1) is 21.9. The van der Waals surface area contributed by atoms with Crippen LogP contribution in [0.2, 0.25) is 0 Å². The number of carbonyl (C=O) groups excluding carboxylic acids is 2. The molecule has 3 aromatic rings. The second kappa shape index (κ2) is 15.6. The van der Waals surface area contributed by atoms with E-state index in [0.29, 0.717) is 30.0 Å². The second-order valence-electron chi connectivity index (χ2n) is 11.0. The summed E-state index contributed by atoms with van der Waals surface area (Å²) >= 11 is 0. The Labute approximate surface area is 267 Å². The number of carboxylic acids is 1. The Bertz CT molecular complexity index is 1600. The number of carboxylic acid groups (broad SMARTS) is 1. The fraction of sp³-hybridized carbons (Fsp3) is 0.387. The van der Waals surface area contributed by atoms with Gasteiger partial charge in [0.2, 0.25) is 21.9 Å². The Morgan fingerprint density at radius 3 is 2.37 bits per heavy atom. The number of hydrogen-bond acceptors (Lipinski definition) is 10. The van der Waals surface area contributed by atoms with E-state index in [1.54, 1.807) is 44.4 Å². The molecule has 2 amide bonds. The van der Waals surface area contributed by atoms with Gasteiger partial charge in [-0.2, -0.15) is 4.72 Å². The molecule has 3 atom stereocenters. The number of carbonyl (C=O) groups is 3. The molecule has 0 aliphatic carbocycles. The standard InChI is InChI=1S/C31H38N6O8S/c1-20-12-21(2)28(22(3)13-20)46(42,43)36-26(29(39)40)16-34-27(38)19-44-25-14-24(15-35-30-32-10-7-11-33-30)37(17-25)31(41)45-18-23-8-5-4-6-9-23/h4-13,24-26,36H,14-19H2,1-3H3,(H,34,38)(H,39,40)(H,32,33,35). The minimum Gasteiger partial charge on any atom is -0.480 e. The summed E-state index contributed by atoms with van der Waals surface area (Å²) in [6.45, 7) is 4.69. The number of anilines is 1. The molecule has 4 rings (SSSR count). The van der Waals surface area contributed by atoms with Gasteiger partial charge in [-0.05, 0) is 49.9 Å². The molecule has 2 heterocycles. The van der Waals surface area contributed by atoms with Gasteiger partial charge in [-0.25, -0.2) is 23.2 Å². The molecular weight excluding hydrogens is 616 g/mol. The number of rotatable bonds is 14. The van der Waals surface area contributed by atoms with Crippen LogP contribution in [0.5, 0.6) is 0 Å². The number of ether oxygens (including phenoxy) is 2. The van der Waals surface area contributed by atoms with Crippen molar-refractivity contribution in [3.8, 4) is 0 Å². The maximum absolute atomic E-state index is 13.1. The number of hydrogen-bond donors (Lipinski definition) is 4. The molecule has 4 N–H and O–H groups in total. The average Bonchev–Trinajstić information content (AvgIpc) is 3.43.